The molecule has 1 aliphatic heterocycles. The van der Waals surface area contributed by atoms with E-state index in [9.17, 15) is 4.79 Å². The van der Waals surface area contributed by atoms with Crippen LogP contribution >= 0.6 is 0 Å². The molecule has 0 spiro atoms. The van der Waals surface area contributed by atoms with Gasteiger partial charge in [-0.15, -0.1) is 0 Å². The van der Waals surface area contributed by atoms with Crippen LogP contribution in [-0.4, -0.2) is 41.2 Å². The number of epoxide rings is 1. The molecular weight excluding hydrogens is 248 g/mol. The first-order valence-electron chi connectivity index (χ1n) is 7.12. The number of esters is 1. The number of fused-ring (bicyclic) bond motifs is 1. The summed E-state index contributed by atoms with van der Waals surface area (Å²) in [5, 5.41) is 0. The number of carbonyl (C=O) groups excluding carboxylic acids is 1. The van der Waals surface area contributed by atoms with Gasteiger partial charge in [-0.2, -0.15) is 0 Å². The minimum absolute atomic E-state index is 0.0190. The summed E-state index contributed by atoms with van der Waals surface area (Å²) in [7, 11) is -0.380. The zero-order chi connectivity index (χ0) is 13.0. The third-order valence-electron chi connectivity index (χ3n) is 3.90. The van der Waals surface area contributed by atoms with Crippen molar-refractivity contribution in [1.82, 2.24) is 0 Å². The highest BCUT2D eigenvalue weighted by atomic mass is 28.2. The zero-order valence-corrected chi connectivity index (χ0v) is 12.8. The van der Waals surface area contributed by atoms with Crippen molar-refractivity contribution in [2.75, 3.05) is 13.2 Å². The van der Waals surface area contributed by atoms with Crippen LogP contribution in [0.25, 0.3) is 0 Å². The van der Waals surface area contributed by atoms with Gasteiger partial charge in [-0.25, -0.2) is 0 Å². The van der Waals surface area contributed by atoms with E-state index < -0.39 is 0 Å². The summed E-state index contributed by atoms with van der Waals surface area (Å²) in [5.74, 6) is 0.437. The molecule has 0 aromatic heterocycles. The van der Waals surface area contributed by atoms with Crippen LogP contribution < -0.4 is 0 Å². The van der Waals surface area contributed by atoms with E-state index in [1.165, 1.54) is 0 Å². The highest BCUT2D eigenvalue weighted by Gasteiger charge is 2.49. The van der Waals surface area contributed by atoms with Crippen LogP contribution in [0.2, 0.25) is 6.04 Å². The monoisotopic (exact) mass is 272 g/mol. The van der Waals surface area contributed by atoms with Crippen LogP contribution in [0.3, 0.4) is 0 Å². The van der Waals surface area contributed by atoms with Gasteiger partial charge in [0.05, 0.1) is 24.7 Å². The van der Waals surface area contributed by atoms with E-state index in [-0.39, 0.29) is 21.7 Å². The van der Waals surface area contributed by atoms with Gasteiger partial charge in [-0.3, -0.25) is 4.79 Å². The molecule has 0 N–H and O–H groups in total. The van der Waals surface area contributed by atoms with Crippen molar-refractivity contribution in [1.29, 1.82) is 0 Å². The largest absolute Gasteiger partial charge is 0.465 e. The minimum Gasteiger partial charge on any atom is -0.465 e. The SMILES string of the molecule is CCO[SiH2]CCCOC(=O)C1CC2OC2CC1C. The molecule has 4 unspecified atom stereocenters. The van der Waals surface area contributed by atoms with Gasteiger partial charge in [0.2, 0.25) is 0 Å². The Labute approximate surface area is 111 Å². The average Bonchev–Trinajstić information content (AvgIpc) is 3.10. The van der Waals surface area contributed by atoms with E-state index >= 15 is 0 Å². The van der Waals surface area contributed by atoms with Gasteiger partial charge in [-0.05, 0) is 38.1 Å². The van der Waals surface area contributed by atoms with Gasteiger partial charge >= 0.3 is 5.97 Å². The molecule has 0 bridgehead atoms. The van der Waals surface area contributed by atoms with Crippen LogP contribution in [0.15, 0.2) is 0 Å². The fourth-order valence-corrected chi connectivity index (χ4v) is 3.57. The topological polar surface area (TPSA) is 48.1 Å². The van der Waals surface area contributed by atoms with Gasteiger partial charge in [0.15, 0.2) is 9.76 Å². The summed E-state index contributed by atoms with van der Waals surface area (Å²) < 4.78 is 16.2. The molecule has 5 heteroatoms. The van der Waals surface area contributed by atoms with E-state index in [1.54, 1.807) is 0 Å². The molecule has 1 saturated heterocycles. The number of ether oxygens (including phenoxy) is 2. The predicted octanol–water partition coefficient (Wildman–Crippen LogP) is 1.27. The van der Waals surface area contributed by atoms with Crippen molar-refractivity contribution < 1.29 is 18.7 Å². The maximum atomic E-state index is 12.0. The lowest BCUT2D eigenvalue weighted by atomic mass is 9.80. The Hall–Kier alpha value is -0.393. The third kappa shape index (κ3) is 3.80. The molecule has 1 heterocycles. The Balaban J connectivity index is 1.59. The maximum Gasteiger partial charge on any atom is 0.309 e. The fraction of sp³-hybridized carbons (Fsp3) is 0.923. The standard InChI is InChI=1S/C13H24O4Si/c1-3-16-18-6-4-5-15-13(14)10-8-12-11(17-12)7-9(10)2/h9-12H,3-8,18H2,1-2H3. The molecule has 1 saturated carbocycles. The Morgan fingerprint density at radius 2 is 2.17 bits per heavy atom. The first kappa shape index (κ1) is 14.0. The Morgan fingerprint density at radius 3 is 2.94 bits per heavy atom. The maximum absolute atomic E-state index is 12.0. The lowest BCUT2D eigenvalue weighted by molar-refractivity contribution is -0.151. The Kier molecular flexibility index (Phi) is 5.21. The molecule has 2 rings (SSSR count). The molecule has 0 radical (unpaired) electrons. The normalized spacial score (nSPS) is 34.6. The molecule has 18 heavy (non-hydrogen) atoms. The quantitative estimate of drug-likeness (QED) is 0.303. The summed E-state index contributed by atoms with van der Waals surface area (Å²) in [6, 6.07) is 1.09. The third-order valence-corrected chi connectivity index (χ3v) is 5.38. The molecule has 0 aromatic carbocycles. The number of carbonyl (C=O) groups is 1. The molecule has 4 atom stereocenters. The van der Waals surface area contributed by atoms with Crippen molar-refractivity contribution >= 4 is 15.7 Å². The van der Waals surface area contributed by atoms with Crippen LogP contribution in [0.1, 0.15) is 33.1 Å². The number of rotatable bonds is 7. The summed E-state index contributed by atoms with van der Waals surface area (Å²) in [5.41, 5.74) is 0. The second-order valence-corrected chi connectivity index (χ2v) is 6.86. The van der Waals surface area contributed by atoms with Crippen LogP contribution in [0.4, 0.5) is 0 Å². The first-order chi connectivity index (χ1) is 8.72. The number of hydrogen-bond acceptors (Lipinski definition) is 4. The van der Waals surface area contributed by atoms with E-state index in [1.807, 2.05) is 6.92 Å². The molecule has 1 aliphatic carbocycles. The smallest absolute Gasteiger partial charge is 0.309 e. The average molecular weight is 272 g/mol. The lowest BCUT2D eigenvalue weighted by Crippen LogP contribution is -2.30. The van der Waals surface area contributed by atoms with Gasteiger partial charge in [0.25, 0.3) is 0 Å². The van der Waals surface area contributed by atoms with Crippen molar-refractivity contribution in [3.63, 3.8) is 0 Å². The summed E-state index contributed by atoms with van der Waals surface area (Å²) in [6.07, 6.45) is 3.59. The van der Waals surface area contributed by atoms with Gasteiger partial charge < -0.3 is 13.9 Å². The molecule has 2 fully saturated rings. The van der Waals surface area contributed by atoms with E-state index in [0.29, 0.717) is 24.7 Å². The number of hydrogen-bond donors (Lipinski definition) is 0. The fourth-order valence-electron chi connectivity index (χ4n) is 2.67. The Bertz CT molecular complexity index is 284. The van der Waals surface area contributed by atoms with Gasteiger partial charge in [-0.1, -0.05) is 6.92 Å². The summed E-state index contributed by atoms with van der Waals surface area (Å²) >= 11 is 0. The molecule has 0 aromatic rings. The van der Waals surface area contributed by atoms with Crippen molar-refractivity contribution in [2.24, 2.45) is 11.8 Å². The van der Waals surface area contributed by atoms with E-state index in [4.69, 9.17) is 13.9 Å². The first-order valence-corrected chi connectivity index (χ1v) is 8.70. The highest BCUT2D eigenvalue weighted by molar-refractivity contribution is 6.26. The van der Waals surface area contributed by atoms with Crippen molar-refractivity contribution in [2.45, 2.75) is 51.4 Å². The lowest BCUT2D eigenvalue weighted by Gasteiger charge is -2.24. The summed E-state index contributed by atoms with van der Waals surface area (Å²) in [6.45, 7) is 5.52. The van der Waals surface area contributed by atoms with E-state index in [0.717, 1.165) is 31.9 Å². The van der Waals surface area contributed by atoms with Gasteiger partial charge in [0, 0.05) is 6.61 Å². The van der Waals surface area contributed by atoms with Crippen molar-refractivity contribution in [3.05, 3.63) is 0 Å². The Morgan fingerprint density at radius 1 is 1.39 bits per heavy atom. The van der Waals surface area contributed by atoms with Gasteiger partial charge in [0.1, 0.15) is 0 Å². The molecule has 104 valence electrons. The van der Waals surface area contributed by atoms with E-state index in [2.05, 4.69) is 6.92 Å². The predicted molar refractivity (Wildman–Crippen MR) is 71.1 cm³/mol. The second kappa shape index (κ2) is 6.68. The second-order valence-electron chi connectivity index (χ2n) is 5.34. The van der Waals surface area contributed by atoms with Crippen LogP contribution in [-0.2, 0) is 18.7 Å². The van der Waals surface area contributed by atoms with Crippen LogP contribution in [0.5, 0.6) is 0 Å². The highest BCUT2D eigenvalue weighted by Crippen LogP contribution is 2.42. The van der Waals surface area contributed by atoms with Crippen LogP contribution in [0, 0.1) is 11.8 Å². The zero-order valence-electron chi connectivity index (χ0n) is 11.4. The molecular formula is C13H24O4Si. The molecule has 2 aliphatic rings. The summed E-state index contributed by atoms with van der Waals surface area (Å²) in [4.78, 5) is 12.0. The minimum atomic E-state index is -0.380. The van der Waals surface area contributed by atoms with Crippen molar-refractivity contribution in [3.8, 4) is 0 Å². The molecule has 4 nitrogen and oxygen atoms in total. The molecule has 0 amide bonds.